The first-order valence-electron chi connectivity index (χ1n) is 9.30. The Balaban J connectivity index is 1.55. The van der Waals surface area contributed by atoms with Crippen molar-refractivity contribution < 1.29 is 0 Å². The Morgan fingerprint density at radius 1 is 1.21 bits per heavy atom. The predicted molar refractivity (Wildman–Crippen MR) is 112 cm³/mol. The molecule has 1 aliphatic carbocycles. The van der Waals surface area contributed by atoms with E-state index in [2.05, 4.69) is 57.8 Å². The van der Waals surface area contributed by atoms with E-state index in [0.717, 1.165) is 29.1 Å². The van der Waals surface area contributed by atoms with Crippen LogP contribution < -0.4 is 10.7 Å². The molecular weight excluding hydrogens is 368 g/mol. The molecule has 7 heteroatoms. The van der Waals surface area contributed by atoms with Crippen molar-refractivity contribution in [1.29, 1.82) is 0 Å². The van der Waals surface area contributed by atoms with Gasteiger partial charge in [-0.3, -0.25) is 9.67 Å². The molecule has 140 valence electrons. The summed E-state index contributed by atoms with van der Waals surface area (Å²) >= 11 is 1.76. The summed E-state index contributed by atoms with van der Waals surface area (Å²) in [7, 11) is 1.95. The van der Waals surface area contributed by atoms with Crippen LogP contribution in [0.25, 0.3) is 27.4 Å². The highest BCUT2D eigenvalue weighted by Crippen LogP contribution is 2.24. The summed E-state index contributed by atoms with van der Waals surface area (Å²) in [6.45, 7) is 2.90. The second-order valence-electron chi connectivity index (χ2n) is 7.12. The lowest BCUT2D eigenvalue weighted by Crippen LogP contribution is -2.33. The number of hydrogen-bond donors (Lipinski definition) is 0. The van der Waals surface area contributed by atoms with Gasteiger partial charge in [0.2, 0.25) is 0 Å². The number of nitrogens with zero attached hydrogens (tertiary/aromatic N) is 6. The van der Waals surface area contributed by atoms with Crippen molar-refractivity contribution in [3.05, 3.63) is 64.0 Å². The number of aryl methyl sites for hydroxylation is 1. The standard InChI is InChI=1S/C21H20N6S/c1-14-5-6-15(16-11-23-26(2)12-16)7-8-18-21(14)27(25-24-18)13-17-10-19-20(28-17)4-3-9-22-19/h3-4,7-12H,5-6,13H2,1-2H3. The third-order valence-corrected chi connectivity index (χ3v) is 6.17. The van der Waals surface area contributed by atoms with Crippen LogP contribution in [0.5, 0.6) is 0 Å². The van der Waals surface area contributed by atoms with Crippen molar-refractivity contribution in [2.45, 2.75) is 26.3 Å². The molecule has 1 aliphatic rings. The molecule has 0 atom stereocenters. The van der Waals surface area contributed by atoms with E-state index in [1.54, 1.807) is 11.3 Å². The van der Waals surface area contributed by atoms with Gasteiger partial charge < -0.3 is 0 Å². The monoisotopic (exact) mass is 388 g/mol. The molecule has 0 aliphatic heterocycles. The fraction of sp³-hybridized carbons (Fsp3) is 0.238. The van der Waals surface area contributed by atoms with E-state index >= 15 is 0 Å². The van der Waals surface area contributed by atoms with Crippen LogP contribution in [0.4, 0.5) is 0 Å². The number of fused-ring (bicyclic) bond motifs is 2. The first-order chi connectivity index (χ1) is 13.7. The molecule has 6 nitrogen and oxygen atoms in total. The van der Waals surface area contributed by atoms with Gasteiger partial charge in [0.15, 0.2) is 0 Å². The van der Waals surface area contributed by atoms with Gasteiger partial charge in [-0.1, -0.05) is 11.3 Å². The Bertz CT molecular complexity index is 1290. The predicted octanol–water partition coefficient (Wildman–Crippen LogP) is 2.50. The van der Waals surface area contributed by atoms with Crippen molar-refractivity contribution >= 4 is 38.8 Å². The Kier molecular flexibility index (Phi) is 4.16. The lowest BCUT2D eigenvalue weighted by atomic mass is 9.99. The number of allylic oxidation sites excluding steroid dienone is 2. The summed E-state index contributed by atoms with van der Waals surface area (Å²) in [5, 5.41) is 15.3. The molecule has 28 heavy (non-hydrogen) atoms. The quantitative estimate of drug-likeness (QED) is 0.541. The van der Waals surface area contributed by atoms with Gasteiger partial charge in [-0.15, -0.1) is 16.4 Å². The van der Waals surface area contributed by atoms with Crippen molar-refractivity contribution in [1.82, 2.24) is 29.8 Å². The van der Waals surface area contributed by atoms with E-state index in [9.17, 15) is 0 Å². The molecule has 0 spiro atoms. The second kappa shape index (κ2) is 6.83. The van der Waals surface area contributed by atoms with Crippen LogP contribution in [-0.4, -0.2) is 29.8 Å². The van der Waals surface area contributed by atoms with Gasteiger partial charge in [0.25, 0.3) is 0 Å². The highest BCUT2D eigenvalue weighted by Gasteiger charge is 2.11. The van der Waals surface area contributed by atoms with Gasteiger partial charge in [-0.2, -0.15) is 5.10 Å². The fourth-order valence-electron chi connectivity index (χ4n) is 3.67. The van der Waals surface area contributed by atoms with E-state index in [1.807, 2.05) is 34.9 Å². The van der Waals surface area contributed by atoms with Crippen LogP contribution in [0.2, 0.25) is 0 Å². The highest BCUT2D eigenvalue weighted by molar-refractivity contribution is 7.19. The van der Waals surface area contributed by atoms with Crippen LogP contribution in [-0.2, 0) is 13.6 Å². The van der Waals surface area contributed by atoms with Crippen molar-refractivity contribution in [2.24, 2.45) is 7.05 Å². The molecule has 0 aromatic carbocycles. The van der Waals surface area contributed by atoms with E-state index in [-0.39, 0.29) is 0 Å². The normalized spacial score (nSPS) is 14.4. The Morgan fingerprint density at radius 3 is 2.96 bits per heavy atom. The van der Waals surface area contributed by atoms with Crippen molar-refractivity contribution in [2.75, 3.05) is 0 Å². The molecule has 0 bridgehead atoms. The molecule has 0 radical (unpaired) electrons. The van der Waals surface area contributed by atoms with E-state index in [0.29, 0.717) is 6.54 Å². The van der Waals surface area contributed by atoms with E-state index in [4.69, 9.17) is 0 Å². The average Bonchev–Trinajstić information content (AvgIpc) is 3.38. The van der Waals surface area contributed by atoms with Crippen molar-refractivity contribution in [3.8, 4) is 0 Å². The zero-order chi connectivity index (χ0) is 19.1. The number of hydrogen-bond acceptors (Lipinski definition) is 5. The third-order valence-electron chi connectivity index (χ3n) is 5.10. The van der Waals surface area contributed by atoms with E-state index < -0.39 is 0 Å². The molecule has 4 heterocycles. The molecular formula is C21H20N6S. The van der Waals surface area contributed by atoms with Gasteiger partial charge in [-0.05, 0) is 55.2 Å². The summed E-state index contributed by atoms with van der Waals surface area (Å²) in [6.07, 6.45) is 12.0. The number of aromatic nitrogens is 6. The average molecular weight is 389 g/mol. The smallest absolute Gasteiger partial charge is 0.113 e. The lowest BCUT2D eigenvalue weighted by molar-refractivity contribution is 0.637. The molecule has 4 aromatic rings. The molecule has 0 saturated heterocycles. The SMILES string of the molecule is CC1=c2c(nnn2Cc2cc3ncccc3s2)=CC=C(c2cnn(C)c2)CC1. The van der Waals surface area contributed by atoms with Gasteiger partial charge in [-0.25, -0.2) is 4.68 Å². The maximum Gasteiger partial charge on any atom is 0.113 e. The lowest BCUT2D eigenvalue weighted by Gasteiger charge is -2.08. The number of rotatable bonds is 3. The number of pyridine rings is 1. The maximum atomic E-state index is 4.45. The second-order valence-corrected chi connectivity index (χ2v) is 8.29. The summed E-state index contributed by atoms with van der Waals surface area (Å²) in [5.74, 6) is 0. The topological polar surface area (TPSA) is 61.4 Å². The van der Waals surface area contributed by atoms with Crippen molar-refractivity contribution in [3.63, 3.8) is 0 Å². The van der Waals surface area contributed by atoms with Gasteiger partial charge >= 0.3 is 0 Å². The molecule has 0 N–H and O–H groups in total. The Hall–Kier alpha value is -3.06. The van der Waals surface area contributed by atoms with Gasteiger partial charge in [0.1, 0.15) is 5.35 Å². The minimum Gasteiger partial charge on any atom is -0.275 e. The van der Waals surface area contributed by atoms with Crippen LogP contribution in [0, 0.1) is 0 Å². The van der Waals surface area contributed by atoms with Crippen LogP contribution in [0.1, 0.15) is 30.2 Å². The first-order valence-corrected chi connectivity index (χ1v) is 10.1. The molecule has 0 saturated carbocycles. The summed E-state index contributed by atoms with van der Waals surface area (Å²) < 4.78 is 5.07. The maximum absolute atomic E-state index is 4.45. The van der Waals surface area contributed by atoms with Crippen LogP contribution in [0.3, 0.4) is 0 Å². The van der Waals surface area contributed by atoms with Crippen LogP contribution >= 0.6 is 11.3 Å². The highest BCUT2D eigenvalue weighted by atomic mass is 32.1. The fourth-order valence-corrected chi connectivity index (χ4v) is 4.67. The van der Waals surface area contributed by atoms with E-state index in [1.165, 1.54) is 26.3 Å². The Labute approximate surface area is 166 Å². The molecule has 5 rings (SSSR count). The minimum atomic E-state index is 0.716. The molecule has 4 aromatic heterocycles. The zero-order valence-electron chi connectivity index (χ0n) is 15.8. The zero-order valence-corrected chi connectivity index (χ0v) is 16.6. The van der Waals surface area contributed by atoms with Crippen LogP contribution in [0.15, 0.2) is 42.9 Å². The van der Waals surface area contributed by atoms with Gasteiger partial charge in [0, 0.05) is 29.9 Å². The third kappa shape index (κ3) is 3.07. The minimum absolute atomic E-state index is 0.716. The number of thiophene rings is 1. The molecule has 0 unspecified atom stereocenters. The summed E-state index contributed by atoms with van der Waals surface area (Å²) in [5.41, 5.74) is 4.80. The first kappa shape index (κ1) is 17.1. The molecule has 0 amide bonds. The largest absolute Gasteiger partial charge is 0.275 e. The summed E-state index contributed by atoms with van der Waals surface area (Å²) in [4.78, 5) is 5.68. The Morgan fingerprint density at radius 2 is 2.14 bits per heavy atom. The molecule has 0 fully saturated rings. The van der Waals surface area contributed by atoms with Gasteiger partial charge in [0.05, 0.1) is 28.3 Å². The summed E-state index contributed by atoms with van der Waals surface area (Å²) in [6, 6.07) is 6.24.